The number of hydrogen-bond donors (Lipinski definition) is 1. The number of nitrogens with zero attached hydrogens (tertiary/aromatic N) is 1. The molecule has 0 radical (unpaired) electrons. The molecule has 1 fully saturated rings. The highest BCUT2D eigenvalue weighted by Gasteiger charge is 2.47. The largest absolute Gasteiger partial charge is 0.507 e. The van der Waals surface area contributed by atoms with E-state index in [0.29, 0.717) is 17.0 Å². The third-order valence-electron chi connectivity index (χ3n) is 5.73. The van der Waals surface area contributed by atoms with E-state index in [1.54, 1.807) is 25.3 Å². The third kappa shape index (κ3) is 3.66. The highest BCUT2D eigenvalue weighted by atomic mass is 16.5. The van der Waals surface area contributed by atoms with Gasteiger partial charge in [0.25, 0.3) is 11.7 Å². The SMILES string of the molecule is COc1ccc(/C(O)=C2/C(=O)C(=O)N(c3cc(C)cc(C)c3)C2c2ccccc2)c(C)c1. The zero-order valence-electron chi connectivity index (χ0n) is 18.5. The Morgan fingerprint density at radius 3 is 2.16 bits per heavy atom. The zero-order chi connectivity index (χ0) is 23.0. The molecule has 5 heteroatoms. The molecule has 32 heavy (non-hydrogen) atoms. The van der Waals surface area contributed by atoms with Gasteiger partial charge in [0, 0.05) is 11.3 Å². The molecule has 1 heterocycles. The van der Waals surface area contributed by atoms with Crippen molar-refractivity contribution in [3.05, 3.63) is 100 Å². The van der Waals surface area contributed by atoms with Gasteiger partial charge in [-0.1, -0.05) is 36.4 Å². The number of ether oxygens (including phenoxy) is 1. The minimum absolute atomic E-state index is 0.0774. The van der Waals surface area contributed by atoms with Gasteiger partial charge in [-0.3, -0.25) is 14.5 Å². The second-order valence-corrected chi connectivity index (χ2v) is 8.11. The Morgan fingerprint density at radius 1 is 0.906 bits per heavy atom. The van der Waals surface area contributed by atoms with Gasteiger partial charge in [0.05, 0.1) is 18.7 Å². The second kappa shape index (κ2) is 8.35. The number of methoxy groups -OCH3 is 1. The highest BCUT2D eigenvalue weighted by molar-refractivity contribution is 6.51. The normalized spacial score (nSPS) is 17.6. The monoisotopic (exact) mass is 427 g/mol. The second-order valence-electron chi connectivity index (χ2n) is 8.11. The Balaban J connectivity index is 1.96. The van der Waals surface area contributed by atoms with E-state index in [1.165, 1.54) is 4.90 Å². The van der Waals surface area contributed by atoms with Gasteiger partial charge in [0.15, 0.2) is 0 Å². The van der Waals surface area contributed by atoms with Gasteiger partial charge in [-0.05, 0) is 73.4 Å². The van der Waals surface area contributed by atoms with Crippen molar-refractivity contribution in [1.29, 1.82) is 0 Å². The summed E-state index contributed by atoms with van der Waals surface area (Å²) in [7, 11) is 1.57. The first-order chi connectivity index (χ1) is 15.3. The molecule has 0 spiro atoms. The van der Waals surface area contributed by atoms with Gasteiger partial charge in [-0.15, -0.1) is 0 Å². The van der Waals surface area contributed by atoms with Crippen molar-refractivity contribution < 1.29 is 19.4 Å². The number of carbonyl (C=O) groups excluding carboxylic acids is 2. The molecule has 0 saturated carbocycles. The summed E-state index contributed by atoms with van der Waals surface area (Å²) in [6, 6.07) is 19.6. The van der Waals surface area contributed by atoms with Crippen LogP contribution in [0.4, 0.5) is 5.69 Å². The molecule has 1 aliphatic heterocycles. The topological polar surface area (TPSA) is 66.8 Å². The standard InChI is InChI=1S/C27H25NO4/c1-16-12-17(2)14-20(13-16)28-24(19-8-6-5-7-9-19)23(26(30)27(28)31)25(29)22-11-10-21(32-4)15-18(22)3/h5-15,24,29H,1-4H3/b25-23-. The quantitative estimate of drug-likeness (QED) is 0.351. The smallest absolute Gasteiger partial charge is 0.300 e. The first-order valence-corrected chi connectivity index (χ1v) is 10.4. The highest BCUT2D eigenvalue weighted by Crippen LogP contribution is 2.43. The van der Waals surface area contributed by atoms with Crippen LogP contribution in [0.3, 0.4) is 0 Å². The van der Waals surface area contributed by atoms with Crippen molar-refractivity contribution in [3.8, 4) is 5.75 Å². The molecule has 1 atom stereocenters. The lowest BCUT2D eigenvalue weighted by atomic mass is 9.93. The average molecular weight is 428 g/mol. The van der Waals surface area contributed by atoms with Crippen LogP contribution in [0.1, 0.15) is 33.9 Å². The number of carbonyl (C=O) groups is 2. The van der Waals surface area contributed by atoms with Crippen molar-refractivity contribution in [2.45, 2.75) is 26.8 Å². The predicted molar refractivity (Wildman–Crippen MR) is 125 cm³/mol. The maximum Gasteiger partial charge on any atom is 0.300 e. The molecule has 3 aromatic rings. The van der Waals surface area contributed by atoms with Gasteiger partial charge in [0.2, 0.25) is 0 Å². The van der Waals surface area contributed by atoms with Crippen molar-refractivity contribution in [2.75, 3.05) is 12.0 Å². The van der Waals surface area contributed by atoms with E-state index in [1.807, 2.05) is 69.3 Å². The maximum absolute atomic E-state index is 13.3. The van der Waals surface area contributed by atoms with E-state index in [4.69, 9.17) is 4.74 Å². The number of hydrogen-bond acceptors (Lipinski definition) is 4. The molecule has 1 unspecified atom stereocenters. The number of benzene rings is 3. The van der Waals surface area contributed by atoms with Gasteiger partial charge < -0.3 is 9.84 Å². The number of rotatable bonds is 4. The van der Waals surface area contributed by atoms with Crippen LogP contribution in [0.25, 0.3) is 5.76 Å². The number of Topliss-reactive ketones (excluding diaryl/α,β-unsaturated/α-hetero) is 1. The number of amides is 1. The Kier molecular flexibility index (Phi) is 5.57. The van der Waals surface area contributed by atoms with Crippen LogP contribution in [-0.2, 0) is 9.59 Å². The fourth-order valence-corrected chi connectivity index (χ4v) is 4.31. The van der Waals surface area contributed by atoms with Crippen LogP contribution in [0.5, 0.6) is 5.75 Å². The predicted octanol–water partition coefficient (Wildman–Crippen LogP) is 5.25. The van der Waals surface area contributed by atoms with Crippen molar-refractivity contribution >= 4 is 23.1 Å². The lowest BCUT2D eigenvalue weighted by Crippen LogP contribution is -2.29. The Morgan fingerprint density at radius 2 is 1.56 bits per heavy atom. The van der Waals surface area contributed by atoms with Gasteiger partial charge >= 0.3 is 0 Å². The molecular weight excluding hydrogens is 402 g/mol. The van der Waals surface area contributed by atoms with Gasteiger partial charge in [0.1, 0.15) is 11.5 Å². The molecule has 162 valence electrons. The molecule has 3 aromatic carbocycles. The summed E-state index contributed by atoms with van der Waals surface area (Å²) in [5.41, 5.74) is 4.66. The Labute approximate surface area is 187 Å². The van der Waals surface area contributed by atoms with Crippen LogP contribution in [0.2, 0.25) is 0 Å². The summed E-state index contributed by atoms with van der Waals surface area (Å²) in [6.45, 7) is 5.73. The summed E-state index contributed by atoms with van der Waals surface area (Å²) >= 11 is 0. The van der Waals surface area contributed by atoms with Crippen LogP contribution in [-0.4, -0.2) is 23.9 Å². The molecule has 1 aliphatic rings. The summed E-state index contributed by atoms with van der Waals surface area (Å²) < 4.78 is 5.25. The average Bonchev–Trinajstić information content (AvgIpc) is 3.04. The van der Waals surface area contributed by atoms with E-state index in [-0.39, 0.29) is 11.3 Å². The molecule has 1 saturated heterocycles. The van der Waals surface area contributed by atoms with Crippen molar-refractivity contribution in [1.82, 2.24) is 0 Å². The summed E-state index contributed by atoms with van der Waals surface area (Å²) in [5, 5.41) is 11.3. The van der Waals surface area contributed by atoms with E-state index >= 15 is 0 Å². The Hall–Kier alpha value is -3.86. The zero-order valence-corrected chi connectivity index (χ0v) is 18.5. The molecule has 0 aliphatic carbocycles. The minimum Gasteiger partial charge on any atom is -0.507 e. The molecule has 4 rings (SSSR count). The summed E-state index contributed by atoms with van der Waals surface area (Å²) in [5.74, 6) is -0.902. The first kappa shape index (κ1) is 21.4. The van der Waals surface area contributed by atoms with Gasteiger partial charge in [-0.25, -0.2) is 0 Å². The third-order valence-corrected chi connectivity index (χ3v) is 5.73. The molecule has 0 bridgehead atoms. The van der Waals surface area contributed by atoms with Gasteiger partial charge in [-0.2, -0.15) is 0 Å². The minimum atomic E-state index is -0.737. The molecule has 1 amide bonds. The fraction of sp³-hybridized carbons (Fsp3) is 0.185. The fourth-order valence-electron chi connectivity index (χ4n) is 4.31. The molecule has 1 N–H and O–H groups in total. The first-order valence-electron chi connectivity index (χ1n) is 10.4. The lowest BCUT2D eigenvalue weighted by Gasteiger charge is -2.26. The van der Waals surface area contributed by atoms with E-state index in [9.17, 15) is 14.7 Å². The Bertz CT molecular complexity index is 1220. The summed E-state index contributed by atoms with van der Waals surface area (Å²) in [4.78, 5) is 28.0. The van der Waals surface area contributed by atoms with Crippen LogP contribution < -0.4 is 9.64 Å². The van der Waals surface area contributed by atoms with Crippen LogP contribution in [0.15, 0.2) is 72.3 Å². The maximum atomic E-state index is 13.3. The number of aryl methyl sites for hydroxylation is 3. The molecular formula is C27H25NO4. The molecule has 0 aromatic heterocycles. The lowest BCUT2D eigenvalue weighted by molar-refractivity contribution is -0.132. The summed E-state index contributed by atoms with van der Waals surface area (Å²) in [6.07, 6.45) is 0. The van der Waals surface area contributed by atoms with Crippen molar-refractivity contribution in [3.63, 3.8) is 0 Å². The van der Waals surface area contributed by atoms with E-state index in [0.717, 1.165) is 22.3 Å². The number of ketones is 1. The number of anilines is 1. The number of aliphatic hydroxyl groups excluding tert-OH is 1. The van der Waals surface area contributed by atoms with E-state index in [2.05, 4.69) is 0 Å². The van der Waals surface area contributed by atoms with Crippen molar-refractivity contribution in [2.24, 2.45) is 0 Å². The van der Waals surface area contributed by atoms with E-state index < -0.39 is 17.7 Å². The van der Waals surface area contributed by atoms with Crippen LogP contribution in [0, 0.1) is 20.8 Å². The van der Waals surface area contributed by atoms with Crippen LogP contribution >= 0.6 is 0 Å². The molecule has 5 nitrogen and oxygen atoms in total. The number of aliphatic hydroxyl groups is 1.